The van der Waals surface area contributed by atoms with Gasteiger partial charge in [-0.1, -0.05) is 65.7 Å². The smallest absolute Gasteiger partial charge is 0.414 e. The SMILES string of the molecule is CC(C)Oc1cccc(CC(=O)N2CCCC(CCN3CCC4(CC3)OCc3ccccc34)(c3ccc(Cl)c(Cl)c3)C2)c1.O=C(O)C(=O)O. The van der Waals surface area contributed by atoms with Gasteiger partial charge in [0.15, 0.2) is 0 Å². The molecule has 0 aliphatic carbocycles. The molecule has 3 aromatic carbocycles. The molecule has 2 fully saturated rings. The quantitative estimate of drug-likeness (QED) is 0.241. The maximum Gasteiger partial charge on any atom is 0.414 e. The second-order valence-corrected chi connectivity index (χ2v) is 14.3. The van der Waals surface area contributed by atoms with Crippen LogP contribution >= 0.6 is 23.2 Å². The summed E-state index contributed by atoms with van der Waals surface area (Å²) in [4.78, 5) is 36.5. The number of halogens is 2. The highest BCUT2D eigenvalue weighted by molar-refractivity contribution is 6.42. The summed E-state index contributed by atoms with van der Waals surface area (Å²) in [6.45, 7) is 9.17. The van der Waals surface area contributed by atoms with E-state index >= 15 is 0 Å². The molecule has 0 aromatic heterocycles. The number of piperidine rings is 2. The van der Waals surface area contributed by atoms with Crippen molar-refractivity contribution in [2.24, 2.45) is 0 Å². The number of nitrogens with zero attached hydrogens (tertiary/aromatic N) is 2. The Balaban J connectivity index is 0.000000717. The number of likely N-dealkylation sites (tertiary alicyclic amines) is 2. The molecule has 0 radical (unpaired) electrons. The molecule has 2 saturated heterocycles. The minimum atomic E-state index is -1.82. The van der Waals surface area contributed by atoms with E-state index in [0.717, 1.165) is 76.2 Å². The number of hydrogen-bond acceptors (Lipinski definition) is 6. The van der Waals surface area contributed by atoms with Gasteiger partial charge in [-0.25, -0.2) is 9.59 Å². The van der Waals surface area contributed by atoms with Crippen molar-refractivity contribution in [1.82, 2.24) is 9.80 Å². The van der Waals surface area contributed by atoms with Crippen LogP contribution in [0.25, 0.3) is 0 Å². The number of rotatable bonds is 8. The molecule has 1 spiro atoms. The highest BCUT2D eigenvalue weighted by atomic mass is 35.5. The zero-order valence-corrected chi connectivity index (χ0v) is 29.5. The van der Waals surface area contributed by atoms with Crippen molar-refractivity contribution in [2.75, 3.05) is 32.7 Å². The van der Waals surface area contributed by atoms with Crippen LogP contribution in [0.2, 0.25) is 10.0 Å². The maximum atomic E-state index is 13.7. The number of carbonyl (C=O) groups excluding carboxylic acids is 1. The fourth-order valence-corrected chi connectivity index (χ4v) is 7.65. The first-order valence-corrected chi connectivity index (χ1v) is 17.6. The molecule has 1 amide bonds. The van der Waals surface area contributed by atoms with Gasteiger partial charge in [0.2, 0.25) is 5.91 Å². The monoisotopic (exact) mass is 710 g/mol. The van der Waals surface area contributed by atoms with Crippen molar-refractivity contribution < 1.29 is 34.1 Å². The molecule has 3 aliphatic rings. The first kappa shape index (κ1) is 36.6. The van der Waals surface area contributed by atoms with E-state index in [4.69, 9.17) is 52.5 Å². The third kappa shape index (κ3) is 8.94. The lowest BCUT2D eigenvalue weighted by atomic mass is 9.71. The summed E-state index contributed by atoms with van der Waals surface area (Å²) in [5, 5.41) is 15.9. The van der Waals surface area contributed by atoms with Gasteiger partial charge in [-0.05, 0) is 99.0 Å². The van der Waals surface area contributed by atoms with Crippen LogP contribution in [0.4, 0.5) is 0 Å². The predicted molar refractivity (Wildman–Crippen MR) is 188 cm³/mol. The van der Waals surface area contributed by atoms with E-state index in [-0.39, 0.29) is 23.0 Å². The zero-order valence-electron chi connectivity index (χ0n) is 28.0. The summed E-state index contributed by atoms with van der Waals surface area (Å²) >= 11 is 12.9. The Labute approximate surface area is 297 Å². The second-order valence-electron chi connectivity index (χ2n) is 13.5. The number of fused-ring (bicyclic) bond motifs is 2. The third-order valence-electron chi connectivity index (χ3n) is 9.85. The average Bonchev–Trinajstić information content (AvgIpc) is 3.43. The lowest BCUT2D eigenvalue weighted by molar-refractivity contribution is -0.159. The van der Waals surface area contributed by atoms with Crippen LogP contribution in [-0.2, 0) is 43.2 Å². The van der Waals surface area contributed by atoms with Gasteiger partial charge in [0.05, 0.1) is 34.8 Å². The van der Waals surface area contributed by atoms with Crippen LogP contribution in [0.15, 0.2) is 66.7 Å². The summed E-state index contributed by atoms with van der Waals surface area (Å²) in [6, 6.07) is 22.6. The molecule has 3 aliphatic heterocycles. The minimum absolute atomic E-state index is 0.0896. The number of aliphatic carboxylic acids is 2. The molecule has 1 unspecified atom stereocenters. The molecule has 0 bridgehead atoms. The average molecular weight is 712 g/mol. The van der Waals surface area contributed by atoms with Crippen molar-refractivity contribution >= 4 is 41.0 Å². The van der Waals surface area contributed by atoms with Crippen LogP contribution in [0, 0.1) is 0 Å². The number of carbonyl (C=O) groups is 3. The number of carboxylic acid groups (broad SMARTS) is 2. The lowest BCUT2D eigenvalue weighted by Gasteiger charge is -2.45. The molecule has 6 rings (SSSR count). The van der Waals surface area contributed by atoms with Gasteiger partial charge < -0.3 is 29.5 Å². The Bertz CT molecular complexity index is 1640. The van der Waals surface area contributed by atoms with Gasteiger partial charge in [0, 0.05) is 31.6 Å². The van der Waals surface area contributed by atoms with Crippen molar-refractivity contribution in [2.45, 2.75) is 76.1 Å². The molecule has 1 atom stereocenters. The van der Waals surface area contributed by atoms with Gasteiger partial charge >= 0.3 is 11.9 Å². The van der Waals surface area contributed by atoms with Crippen molar-refractivity contribution in [3.8, 4) is 5.75 Å². The van der Waals surface area contributed by atoms with E-state index in [1.165, 1.54) is 16.7 Å². The molecule has 49 heavy (non-hydrogen) atoms. The van der Waals surface area contributed by atoms with Crippen LogP contribution < -0.4 is 4.74 Å². The van der Waals surface area contributed by atoms with E-state index in [0.29, 0.717) is 23.0 Å². The Hall–Kier alpha value is -3.63. The van der Waals surface area contributed by atoms with Crippen LogP contribution in [-0.4, -0.2) is 76.7 Å². The van der Waals surface area contributed by atoms with Gasteiger partial charge in [0.25, 0.3) is 0 Å². The number of hydrogen-bond donors (Lipinski definition) is 2. The second kappa shape index (κ2) is 15.9. The Morgan fingerprint density at radius 2 is 1.63 bits per heavy atom. The van der Waals surface area contributed by atoms with Crippen molar-refractivity contribution in [1.29, 1.82) is 0 Å². The third-order valence-corrected chi connectivity index (χ3v) is 10.6. The summed E-state index contributed by atoms with van der Waals surface area (Å²) in [5.74, 6) is -2.69. The molecular formula is C38H44Cl2N2O7. The van der Waals surface area contributed by atoms with E-state index in [2.05, 4.69) is 40.1 Å². The molecule has 262 valence electrons. The highest BCUT2D eigenvalue weighted by Gasteiger charge is 2.44. The molecule has 0 saturated carbocycles. The first-order chi connectivity index (χ1) is 23.4. The van der Waals surface area contributed by atoms with Crippen molar-refractivity contribution in [3.05, 3.63) is 99.0 Å². The van der Waals surface area contributed by atoms with Crippen LogP contribution in [0.3, 0.4) is 0 Å². The molecule has 9 nitrogen and oxygen atoms in total. The van der Waals surface area contributed by atoms with E-state index in [1.807, 2.05) is 50.2 Å². The van der Waals surface area contributed by atoms with E-state index in [9.17, 15) is 4.79 Å². The van der Waals surface area contributed by atoms with Gasteiger partial charge in [-0.15, -0.1) is 0 Å². The van der Waals surface area contributed by atoms with E-state index in [1.54, 1.807) is 0 Å². The fourth-order valence-electron chi connectivity index (χ4n) is 7.35. The van der Waals surface area contributed by atoms with Crippen LogP contribution in [0.5, 0.6) is 5.75 Å². The molecular weight excluding hydrogens is 667 g/mol. The first-order valence-electron chi connectivity index (χ1n) is 16.8. The number of carboxylic acids is 2. The van der Waals surface area contributed by atoms with Crippen molar-refractivity contribution in [3.63, 3.8) is 0 Å². The molecule has 3 aromatic rings. The Morgan fingerprint density at radius 3 is 2.33 bits per heavy atom. The molecule has 3 heterocycles. The van der Waals surface area contributed by atoms with Gasteiger partial charge in [-0.3, -0.25) is 4.79 Å². The largest absolute Gasteiger partial charge is 0.491 e. The summed E-state index contributed by atoms with van der Waals surface area (Å²) in [5.41, 5.74) is 4.54. The maximum absolute atomic E-state index is 13.7. The predicted octanol–water partition coefficient (Wildman–Crippen LogP) is 6.95. The topological polar surface area (TPSA) is 117 Å². The molecule has 2 N–H and O–H groups in total. The summed E-state index contributed by atoms with van der Waals surface area (Å²) < 4.78 is 12.3. The Kier molecular flexibility index (Phi) is 11.9. The van der Waals surface area contributed by atoms with Crippen LogP contribution in [0.1, 0.15) is 68.2 Å². The standard InChI is InChI=1S/C36H42Cl2N2O3.C2H2O4/c1-26(2)43-30-9-5-7-27(21-30)22-34(41)40-17-6-13-35(25-40,29-11-12-32(37)33(38)23-29)14-18-39-19-15-36(16-20-39)31-10-4-3-8-28(31)24-42-36;3-1(4)2(5)6/h3-5,7-12,21,23,26H,6,13-20,22,24-25H2,1-2H3;(H,3,4)(H,5,6). The van der Waals surface area contributed by atoms with E-state index < -0.39 is 11.9 Å². The van der Waals surface area contributed by atoms with Gasteiger partial charge in [-0.2, -0.15) is 0 Å². The normalized spacial score (nSPS) is 20.0. The number of amides is 1. The zero-order chi connectivity index (χ0) is 35.2. The fraction of sp³-hybridized carbons (Fsp3) is 0.447. The summed E-state index contributed by atoms with van der Waals surface area (Å²) in [7, 11) is 0. The number of benzene rings is 3. The van der Waals surface area contributed by atoms with Gasteiger partial charge in [0.1, 0.15) is 5.75 Å². The summed E-state index contributed by atoms with van der Waals surface area (Å²) in [6.07, 6.45) is 5.39. The highest BCUT2D eigenvalue weighted by Crippen LogP contribution is 2.45. The minimum Gasteiger partial charge on any atom is -0.491 e. The lowest BCUT2D eigenvalue weighted by Crippen LogP contribution is -2.51. The molecule has 11 heteroatoms. The number of ether oxygens (including phenoxy) is 2. The Morgan fingerprint density at radius 1 is 0.898 bits per heavy atom.